The second kappa shape index (κ2) is 9.93. The number of nitrogens with one attached hydrogen (secondary N) is 2. The maximum Gasteiger partial charge on any atom is 0.238 e. The molecule has 6 nitrogen and oxygen atoms in total. The molecule has 24 heavy (non-hydrogen) atoms. The molecule has 1 aromatic rings. The number of anilines is 1. The lowest BCUT2D eigenvalue weighted by atomic mass is 10.1. The Morgan fingerprint density at radius 3 is 2.17 bits per heavy atom. The molecule has 1 rings (SSSR count). The van der Waals surface area contributed by atoms with Crippen LogP contribution in [-0.4, -0.2) is 49.5 Å². The topological polar surface area (TPSA) is 70.7 Å². The molecule has 0 spiro atoms. The van der Waals surface area contributed by atoms with E-state index in [2.05, 4.69) is 24.5 Å². The largest absolute Gasteiger partial charge is 0.497 e. The average molecular weight is 335 g/mol. The number of carbonyl (C=O) groups is 2. The van der Waals surface area contributed by atoms with Gasteiger partial charge in [0, 0.05) is 11.7 Å². The van der Waals surface area contributed by atoms with Gasteiger partial charge in [-0.2, -0.15) is 0 Å². The van der Waals surface area contributed by atoms with Crippen LogP contribution in [0.1, 0.15) is 27.7 Å². The summed E-state index contributed by atoms with van der Waals surface area (Å²) < 4.78 is 5.08. The second-order valence-electron chi connectivity index (χ2n) is 6.18. The van der Waals surface area contributed by atoms with E-state index in [0.717, 1.165) is 5.75 Å². The van der Waals surface area contributed by atoms with Gasteiger partial charge in [0.2, 0.25) is 11.8 Å². The molecule has 2 amide bonds. The lowest BCUT2D eigenvalue weighted by molar-refractivity contribution is -0.124. The minimum atomic E-state index is -0.147. The van der Waals surface area contributed by atoms with Gasteiger partial charge in [-0.1, -0.05) is 20.8 Å². The molecule has 0 bridgehead atoms. The zero-order chi connectivity index (χ0) is 18.1. The van der Waals surface area contributed by atoms with E-state index in [9.17, 15) is 9.59 Å². The highest BCUT2D eigenvalue weighted by Crippen LogP contribution is 2.14. The van der Waals surface area contributed by atoms with Crippen molar-refractivity contribution in [3.63, 3.8) is 0 Å². The molecule has 0 radical (unpaired) electrons. The Morgan fingerprint density at radius 2 is 1.67 bits per heavy atom. The van der Waals surface area contributed by atoms with Gasteiger partial charge >= 0.3 is 0 Å². The van der Waals surface area contributed by atoms with E-state index < -0.39 is 0 Å². The predicted molar refractivity (Wildman–Crippen MR) is 96.2 cm³/mol. The van der Waals surface area contributed by atoms with Crippen LogP contribution in [0.15, 0.2) is 24.3 Å². The SMILES string of the molecule is CCN(CC(=O)Nc1ccc(OC)cc1)CC(=O)N[C@@H](C)C(C)C. The predicted octanol–water partition coefficient (Wildman–Crippen LogP) is 2.12. The Balaban J connectivity index is 2.48. The maximum atomic E-state index is 12.1. The zero-order valence-electron chi connectivity index (χ0n) is 15.3. The van der Waals surface area contributed by atoms with Crippen molar-refractivity contribution in [1.29, 1.82) is 0 Å². The van der Waals surface area contributed by atoms with Crippen molar-refractivity contribution in [2.45, 2.75) is 33.7 Å². The highest BCUT2D eigenvalue weighted by atomic mass is 16.5. The van der Waals surface area contributed by atoms with E-state index in [4.69, 9.17) is 4.74 Å². The fourth-order valence-electron chi connectivity index (χ4n) is 2.03. The number of hydrogen-bond acceptors (Lipinski definition) is 4. The van der Waals surface area contributed by atoms with Crippen LogP contribution in [0.25, 0.3) is 0 Å². The first kappa shape index (κ1) is 20.0. The maximum absolute atomic E-state index is 12.1. The third-order valence-electron chi connectivity index (χ3n) is 3.94. The van der Waals surface area contributed by atoms with Gasteiger partial charge in [-0.25, -0.2) is 0 Å². The number of carbonyl (C=O) groups excluding carboxylic acids is 2. The van der Waals surface area contributed by atoms with Gasteiger partial charge in [0.05, 0.1) is 20.2 Å². The number of rotatable bonds is 9. The van der Waals surface area contributed by atoms with Crippen molar-refractivity contribution in [1.82, 2.24) is 10.2 Å². The van der Waals surface area contributed by atoms with Gasteiger partial charge in [-0.3, -0.25) is 14.5 Å². The van der Waals surface area contributed by atoms with Crippen molar-refractivity contribution >= 4 is 17.5 Å². The second-order valence-corrected chi connectivity index (χ2v) is 6.18. The Bertz CT molecular complexity index is 529. The third kappa shape index (κ3) is 7.00. The molecule has 0 saturated carbocycles. The van der Waals surface area contributed by atoms with Gasteiger partial charge in [0.1, 0.15) is 5.75 Å². The first-order valence-electron chi connectivity index (χ1n) is 8.31. The molecule has 0 saturated heterocycles. The Morgan fingerprint density at radius 1 is 1.08 bits per heavy atom. The first-order valence-corrected chi connectivity index (χ1v) is 8.31. The molecule has 0 aliphatic heterocycles. The number of benzene rings is 1. The summed E-state index contributed by atoms with van der Waals surface area (Å²) in [4.78, 5) is 26.0. The number of likely N-dealkylation sites (N-methyl/N-ethyl adjacent to an activating group) is 1. The summed E-state index contributed by atoms with van der Waals surface area (Å²) >= 11 is 0. The van der Waals surface area contributed by atoms with Gasteiger partial charge in [0.25, 0.3) is 0 Å². The molecular formula is C18H29N3O3. The van der Waals surface area contributed by atoms with Crippen molar-refractivity contribution < 1.29 is 14.3 Å². The summed E-state index contributed by atoms with van der Waals surface area (Å²) in [5.74, 6) is 0.906. The Labute approximate surface area is 144 Å². The van der Waals surface area contributed by atoms with Crippen LogP contribution in [0, 0.1) is 5.92 Å². The number of methoxy groups -OCH3 is 1. The lowest BCUT2D eigenvalue weighted by Gasteiger charge is -2.22. The van der Waals surface area contributed by atoms with E-state index in [1.165, 1.54) is 0 Å². The molecule has 0 aliphatic carbocycles. The first-order chi connectivity index (χ1) is 11.3. The Hall–Kier alpha value is -2.08. The van der Waals surface area contributed by atoms with E-state index in [1.807, 2.05) is 13.8 Å². The van der Waals surface area contributed by atoms with Crippen LogP contribution >= 0.6 is 0 Å². The summed E-state index contributed by atoms with van der Waals surface area (Å²) in [6, 6.07) is 7.25. The number of ether oxygens (including phenoxy) is 1. The van der Waals surface area contributed by atoms with Crippen molar-refractivity contribution in [3.8, 4) is 5.75 Å². The molecular weight excluding hydrogens is 306 g/mol. The monoisotopic (exact) mass is 335 g/mol. The van der Waals surface area contributed by atoms with Crippen molar-refractivity contribution in [2.75, 3.05) is 32.1 Å². The smallest absolute Gasteiger partial charge is 0.238 e. The standard InChI is InChI=1S/C18H29N3O3/c1-6-21(11-17(22)19-14(4)13(2)3)12-18(23)20-15-7-9-16(24-5)10-8-15/h7-10,13-14H,6,11-12H2,1-5H3,(H,19,22)(H,20,23)/t14-/m0/s1. The highest BCUT2D eigenvalue weighted by Gasteiger charge is 2.16. The average Bonchev–Trinajstić information content (AvgIpc) is 2.54. The van der Waals surface area contributed by atoms with Crippen LogP contribution in [-0.2, 0) is 9.59 Å². The molecule has 2 N–H and O–H groups in total. The van der Waals surface area contributed by atoms with E-state index >= 15 is 0 Å². The fourth-order valence-corrected chi connectivity index (χ4v) is 2.03. The van der Waals surface area contributed by atoms with Gasteiger partial charge in [-0.05, 0) is 43.7 Å². The zero-order valence-corrected chi connectivity index (χ0v) is 15.3. The molecule has 0 aliphatic rings. The van der Waals surface area contributed by atoms with Crippen LogP contribution < -0.4 is 15.4 Å². The molecule has 0 unspecified atom stereocenters. The molecule has 0 fully saturated rings. The summed E-state index contributed by atoms with van der Waals surface area (Å²) in [6.45, 7) is 9.04. The number of nitrogens with zero attached hydrogens (tertiary/aromatic N) is 1. The summed E-state index contributed by atoms with van der Waals surface area (Å²) in [5.41, 5.74) is 0.703. The molecule has 134 valence electrons. The number of hydrogen-bond donors (Lipinski definition) is 2. The van der Waals surface area contributed by atoms with Crippen LogP contribution in [0.3, 0.4) is 0 Å². The van der Waals surface area contributed by atoms with E-state index in [0.29, 0.717) is 18.2 Å². The minimum Gasteiger partial charge on any atom is -0.497 e. The fraction of sp³-hybridized carbons (Fsp3) is 0.556. The third-order valence-corrected chi connectivity index (χ3v) is 3.94. The Kier molecular flexibility index (Phi) is 8.26. The van der Waals surface area contributed by atoms with E-state index in [-0.39, 0.29) is 30.9 Å². The minimum absolute atomic E-state index is 0.0599. The van der Waals surface area contributed by atoms with Gasteiger partial charge < -0.3 is 15.4 Å². The van der Waals surface area contributed by atoms with Crippen LogP contribution in [0.2, 0.25) is 0 Å². The van der Waals surface area contributed by atoms with Gasteiger partial charge in [-0.15, -0.1) is 0 Å². The normalized spacial score (nSPS) is 12.1. The van der Waals surface area contributed by atoms with Crippen LogP contribution in [0.5, 0.6) is 5.75 Å². The summed E-state index contributed by atoms with van der Waals surface area (Å²) in [5, 5.41) is 5.78. The number of amides is 2. The summed E-state index contributed by atoms with van der Waals surface area (Å²) in [6.07, 6.45) is 0. The van der Waals surface area contributed by atoms with Crippen molar-refractivity contribution in [3.05, 3.63) is 24.3 Å². The molecule has 0 aromatic heterocycles. The molecule has 1 atom stereocenters. The molecule has 6 heteroatoms. The highest BCUT2D eigenvalue weighted by molar-refractivity contribution is 5.92. The quantitative estimate of drug-likeness (QED) is 0.725. The van der Waals surface area contributed by atoms with Gasteiger partial charge in [0.15, 0.2) is 0 Å². The lowest BCUT2D eigenvalue weighted by Crippen LogP contribution is -2.44. The molecule has 1 aromatic carbocycles. The van der Waals surface area contributed by atoms with E-state index in [1.54, 1.807) is 36.3 Å². The van der Waals surface area contributed by atoms with Crippen molar-refractivity contribution in [2.24, 2.45) is 5.92 Å². The molecule has 0 heterocycles. The van der Waals surface area contributed by atoms with Crippen LogP contribution in [0.4, 0.5) is 5.69 Å². The summed E-state index contributed by atoms with van der Waals surface area (Å²) in [7, 11) is 1.60.